The van der Waals surface area contributed by atoms with E-state index in [2.05, 4.69) is 5.32 Å². The standard InChI is InChI=1S/C14H21N3O3/c1-20-11-4-5-13(12(15)7-11)16-14(19)9-17-6-2-3-10(18)8-17/h4-5,7,10,18H,2-3,6,8-9,15H2,1H3,(H,16,19). The Labute approximate surface area is 118 Å². The van der Waals surface area contributed by atoms with E-state index in [4.69, 9.17) is 10.5 Å². The van der Waals surface area contributed by atoms with Gasteiger partial charge in [-0.2, -0.15) is 0 Å². The Balaban J connectivity index is 1.91. The summed E-state index contributed by atoms with van der Waals surface area (Å²) in [5, 5.41) is 12.4. The number of nitrogen functional groups attached to an aromatic ring is 1. The normalized spacial score (nSPS) is 19.6. The van der Waals surface area contributed by atoms with Gasteiger partial charge in [0.25, 0.3) is 0 Å². The van der Waals surface area contributed by atoms with Crippen molar-refractivity contribution in [3.63, 3.8) is 0 Å². The molecule has 1 aliphatic rings. The highest BCUT2D eigenvalue weighted by Gasteiger charge is 2.19. The van der Waals surface area contributed by atoms with Crippen LogP contribution in [0.4, 0.5) is 11.4 Å². The number of nitrogens with one attached hydrogen (secondary N) is 1. The van der Waals surface area contributed by atoms with E-state index < -0.39 is 0 Å². The number of amides is 1. The first-order valence-corrected chi connectivity index (χ1v) is 6.72. The highest BCUT2D eigenvalue weighted by atomic mass is 16.5. The molecule has 6 heteroatoms. The monoisotopic (exact) mass is 279 g/mol. The maximum Gasteiger partial charge on any atom is 0.238 e. The molecule has 1 heterocycles. The van der Waals surface area contributed by atoms with Crippen molar-refractivity contribution in [2.45, 2.75) is 18.9 Å². The molecule has 0 spiro atoms. The van der Waals surface area contributed by atoms with Crippen LogP contribution in [0.3, 0.4) is 0 Å². The molecule has 2 rings (SSSR count). The van der Waals surface area contributed by atoms with Gasteiger partial charge < -0.3 is 20.9 Å². The summed E-state index contributed by atoms with van der Waals surface area (Å²) in [6.45, 7) is 1.65. The van der Waals surface area contributed by atoms with Crippen LogP contribution < -0.4 is 15.8 Å². The van der Waals surface area contributed by atoms with E-state index in [1.807, 2.05) is 4.90 Å². The van der Waals surface area contributed by atoms with Crippen molar-refractivity contribution >= 4 is 17.3 Å². The molecule has 110 valence electrons. The fourth-order valence-electron chi connectivity index (χ4n) is 2.35. The van der Waals surface area contributed by atoms with E-state index in [9.17, 15) is 9.90 Å². The Bertz CT molecular complexity index is 479. The number of carbonyl (C=O) groups excluding carboxylic acids is 1. The lowest BCUT2D eigenvalue weighted by atomic mass is 10.1. The number of ether oxygens (including phenoxy) is 1. The molecule has 0 aliphatic carbocycles. The van der Waals surface area contributed by atoms with Crippen LogP contribution in [0.25, 0.3) is 0 Å². The van der Waals surface area contributed by atoms with Crippen molar-refractivity contribution < 1.29 is 14.6 Å². The molecular weight excluding hydrogens is 258 g/mol. The van der Waals surface area contributed by atoms with Gasteiger partial charge in [0.1, 0.15) is 5.75 Å². The topological polar surface area (TPSA) is 87.8 Å². The van der Waals surface area contributed by atoms with Gasteiger partial charge in [0.2, 0.25) is 5.91 Å². The Morgan fingerprint density at radius 1 is 1.60 bits per heavy atom. The SMILES string of the molecule is COc1ccc(NC(=O)CN2CCCC(O)C2)c(N)c1. The van der Waals surface area contributed by atoms with Gasteiger partial charge in [0, 0.05) is 12.6 Å². The maximum atomic E-state index is 12.0. The van der Waals surface area contributed by atoms with Crippen LogP contribution in [-0.2, 0) is 4.79 Å². The lowest BCUT2D eigenvalue weighted by Gasteiger charge is -2.29. The van der Waals surface area contributed by atoms with E-state index in [-0.39, 0.29) is 18.6 Å². The molecule has 1 amide bonds. The Kier molecular flexibility index (Phi) is 4.81. The minimum atomic E-state index is -0.331. The van der Waals surface area contributed by atoms with Crippen LogP contribution in [0.1, 0.15) is 12.8 Å². The third kappa shape index (κ3) is 3.85. The minimum Gasteiger partial charge on any atom is -0.497 e. The average Bonchev–Trinajstić information content (AvgIpc) is 2.41. The number of aliphatic hydroxyl groups excluding tert-OH is 1. The molecular formula is C14H21N3O3. The van der Waals surface area contributed by atoms with Crippen molar-refractivity contribution in [3.8, 4) is 5.75 Å². The van der Waals surface area contributed by atoms with Gasteiger partial charge in [0.05, 0.1) is 31.1 Å². The Morgan fingerprint density at radius 3 is 3.05 bits per heavy atom. The number of piperidine rings is 1. The molecule has 0 bridgehead atoms. The quantitative estimate of drug-likeness (QED) is 0.705. The van der Waals surface area contributed by atoms with Crippen LogP contribution in [-0.4, -0.2) is 48.8 Å². The zero-order chi connectivity index (χ0) is 14.5. The molecule has 1 aromatic rings. The summed E-state index contributed by atoms with van der Waals surface area (Å²) in [5.74, 6) is 0.524. The number of anilines is 2. The number of rotatable bonds is 4. The molecule has 6 nitrogen and oxygen atoms in total. The summed E-state index contributed by atoms with van der Waals surface area (Å²) in [7, 11) is 1.56. The molecule has 1 aliphatic heterocycles. The summed E-state index contributed by atoms with van der Waals surface area (Å²) in [5.41, 5.74) is 6.90. The molecule has 1 unspecified atom stereocenters. The van der Waals surface area contributed by atoms with E-state index >= 15 is 0 Å². The van der Waals surface area contributed by atoms with Crippen molar-refractivity contribution in [2.75, 3.05) is 37.8 Å². The van der Waals surface area contributed by atoms with Gasteiger partial charge in [-0.25, -0.2) is 0 Å². The lowest BCUT2D eigenvalue weighted by molar-refractivity contribution is -0.118. The van der Waals surface area contributed by atoms with Gasteiger partial charge in [-0.15, -0.1) is 0 Å². The molecule has 1 saturated heterocycles. The number of hydrogen-bond donors (Lipinski definition) is 3. The number of nitrogens with two attached hydrogens (primary N) is 1. The van der Waals surface area contributed by atoms with Crippen LogP contribution in [0.15, 0.2) is 18.2 Å². The number of carbonyl (C=O) groups is 1. The predicted molar refractivity (Wildman–Crippen MR) is 77.7 cm³/mol. The second-order valence-electron chi connectivity index (χ2n) is 5.03. The zero-order valence-electron chi connectivity index (χ0n) is 11.6. The Hall–Kier alpha value is -1.79. The third-order valence-electron chi connectivity index (χ3n) is 3.38. The molecule has 20 heavy (non-hydrogen) atoms. The van der Waals surface area contributed by atoms with E-state index in [1.54, 1.807) is 25.3 Å². The largest absolute Gasteiger partial charge is 0.497 e. The summed E-state index contributed by atoms with van der Waals surface area (Å²) >= 11 is 0. The molecule has 0 saturated carbocycles. The second kappa shape index (κ2) is 6.58. The highest BCUT2D eigenvalue weighted by molar-refractivity contribution is 5.95. The van der Waals surface area contributed by atoms with Crippen LogP contribution >= 0.6 is 0 Å². The summed E-state index contributed by atoms with van der Waals surface area (Å²) < 4.78 is 5.06. The number of benzene rings is 1. The highest BCUT2D eigenvalue weighted by Crippen LogP contribution is 2.24. The van der Waals surface area contributed by atoms with E-state index in [1.165, 1.54) is 0 Å². The summed E-state index contributed by atoms with van der Waals surface area (Å²) in [6, 6.07) is 5.13. The van der Waals surface area contributed by atoms with Gasteiger partial charge in [-0.3, -0.25) is 9.69 Å². The first-order valence-electron chi connectivity index (χ1n) is 6.72. The van der Waals surface area contributed by atoms with Crippen LogP contribution in [0, 0.1) is 0 Å². The van der Waals surface area contributed by atoms with Gasteiger partial charge in [0.15, 0.2) is 0 Å². The molecule has 4 N–H and O–H groups in total. The van der Waals surface area contributed by atoms with Crippen molar-refractivity contribution in [3.05, 3.63) is 18.2 Å². The number of aliphatic hydroxyl groups is 1. The predicted octanol–water partition coefficient (Wildman–Crippen LogP) is 0.673. The lowest BCUT2D eigenvalue weighted by Crippen LogP contribution is -2.42. The molecule has 1 atom stereocenters. The van der Waals surface area contributed by atoms with E-state index in [0.717, 1.165) is 19.4 Å². The fraction of sp³-hybridized carbons (Fsp3) is 0.500. The van der Waals surface area contributed by atoms with Gasteiger partial charge >= 0.3 is 0 Å². The van der Waals surface area contributed by atoms with Crippen LogP contribution in [0.5, 0.6) is 5.75 Å². The van der Waals surface area contributed by atoms with Crippen molar-refractivity contribution in [2.24, 2.45) is 0 Å². The zero-order valence-corrected chi connectivity index (χ0v) is 11.6. The summed E-state index contributed by atoms with van der Waals surface area (Å²) in [6.07, 6.45) is 1.39. The molecule has 0 radical (unpaired) electrons. The average molecular weight is 279 g/mol. The number of methoxy groups -OCH3 is 1. The maximum absolute atomic E-state index is 12.0. The number of hydrogen-bond acceptors (Lipinski definition) is 5. The fourth-order valence-corrected chi connectivity index (χ4v) is 2.35. The molecule has 1 aromatic carbocycles. The molecule has 1 fully saturated rings. The first-order chi connectivity index (χ1) is 9.58. The minimum absolute atomic E-state index is 0.129. The van der Waals surface area contributed by atoms with Crippen molar-refractivity contribution in [1.29, 1.82) is 0 Å². The van der Waals surface area contributed by atoms with Crippen LogP contribution in [0.2, 0.25) is 0 Å². The van der Waals surface area contributed by atoms with E-state index in [0.29, 0.717) is 23.7 Å². The van der Waals surface area contributed by atoms with Crippen molar-refractivity contribution in [1.82, 2.24) is 4.90 Å². The third-order valence-corrected chi connectivity index (χ3v) is 3.38. The summed E-state index contributed by atoms with van der Waals surface area (Å²) in [4.78, 5) is 13.9. The molecule has 0 aromatic heterocycles. The smallest absolute Gasteiger partial charge is 0.238 e. The number of β-amino-alcohol motifs (C(OH)–C–C–N with tert-alkyl or cyclic N) is 1. The number of likely N-dealkylation sites (tertiary alicyclic amines) is 1. The van der Waals surface area contributed by atoms with Gasteiger partial charge in [-0.05, 0) is 31.5 Å². The first kappa shape index (κ1) is 14.6. The Morgan fingerprint density at radius 2 is 2.40 bits per heavy atom. The number of nitrogens with zero attached hydrogens (tertiary/aromatic N) is 1. The second-order valence-corrected chi connectivity index (χ2v) is 5.03. The van der Waals surface area contributed by atoms with Gasteiger partial charge in [-0.1, -0.05) is 0 Å².